The van der Waals surface area contributed by atoms with Gasteiger partial charge in [-0.05, 0) is 48.0 Å². The second-order valence-corrected chi connectivity index (χ2v) is 4.89. The van der Waals surface area contributed by atoms with Crippen LogP contribution < -0.4 is 9.47 Å². The van der Waals surface area contributed by atoms with Gasteiger partial charge in [0, 0.05) is 5.56 Å². The molecule has 0 unspecified atom stereocenters. The molecule has 0 saturated heterocycles. The average Bonchev–Trinajstić information content (AvgIpc) is 2.51. The first-order valence-corrected chi connectivity index (χ1v) is 6.96. The molecule has 0 aliphatic carbocycles. The number of benzene rings is 2. The van der Waals surface area contributed by atoms with E-state index in [1.807, 2.05) is 0 Å². The van der Waals surface area contributed by atoms with Crippen LogP contribution >= 0.6 is 0 Å². The van der Waals surface area contributed by atoms with Crippen molar-refractivity contribution in [1.29, 1.82) is 0 Å². The first kappa shape index (κ1) is 19.4. The van der Waals surface area contributed by atoms with Gasteiger partial charge in [-0.3, -0.25) is 4.79 Å². The maximum Gasteiger partial charge on any atom is 0.573 e. The van der Waals surface area contributed by atoms with Gasteiger partial charge in [0.1, 0.15) is 11.5 Å². The number of halogens is 6. The molecule has 0 N–H and O–H groups in total. The van der Waals surface area contributed by atoms with Crippen LogP contribution in [0, 0.1) is 0 Å². The summed E-state index contributed by atoms with van der Waals surface area (Å²) in [6.07, 6.45) is -7.14. The van der Waals surface area contributed by atoms with E-state index >= 15 is 0 Å². The molecule has 2 rings (SSSR count). The highest BCUT2D eigenvalue weighted by molar-refractivity contribution is 6.06. The van der Waals surface area contributed by atoms with E-state index in [0.29, 0.717) is 5.56 Å². The lowest BCUT2D eigenvalue weighted by Gasteiger charge is -2.08. The quantitative estimate of drug-likeness (QED) is 0.399. The molecule has 0 bridgehead atoms. The standard InChI is InChI=1S/C17H10F6O3/c18-16(19,20)25-13-6-1-11(2-7-13)3-10-15(24)12-4-8-14(9-5-12)26-17(21,22)23/h1-10H/b10-3+. The smallest absolute Gasteiger partial charge is 0.406 e. The van der Waals surface area contributed by atoms with Crippen LogP contribution in [0.1, 0.15) is 15.9 Å². The molecule has 138 valence electrons. The lowest BCUT2D eigenvalue weighted by Crippen LogP contribution is -2.17. The Kier molecular flexibility index (Phi) is 5.59. The Bertz CT molecular complexity index is 774. The maximum absolute atomic E-state index is 12.1. The Morgan fingerprint density at radius 3 is 1.58 bits per heavy atom. The molecule has 0 heterocycles. The Hall–Kier alpha value is -2.97. The van der Waals surface area contributed by atoms with Crippen LogP contribution in [0.15, 0.2) is 54.6 Å². The topological polar surface area (TPSA) is 35.5 Å². The summed E-state index contributed by atoms with van der Waals surface area (Å²) in [5, 5.41) is 0. The molecule has 0 spiro atoms. The maximum atomic E-state index is 12.1. The summed E-state index contributed by atoms with van der Waals surface area (Å²) in [7, 11) is 0. The lowest BCUT2D eigenvalue weighted by atomic mass is 10.1. The van der Waals surface area contributed by atoms with E-state index in [2.05, 4.69) is 9.47 Å². The minimum atomic E-state index is -4.83. The fourth-order valence-electron chi connectivity index (χ4n) is 1.87. The number of hydrogen-bond acceptors (Lipinski definition) is 3. The molecule has 0 aromatic heterocycles. The highest BCUT2D eigenvalue weighted by Crippen LogP contribution is 2.24. The largest absolute Gasteiger partial charge is 0.573 e. The van der Waals surface area contributed by atoms with Gasteiger partial charge in [-0.25, -0.2) is 0 Å². The van der Waals surface area contributed by atoms with E-state index in [1.54, 1.807) is 0 Å². The molecule has 3 nitrogen and oxygen atoms in total. The number of alkyl halides is 6. The van der Waals surface area contributed by atoms with Crippen LogP contribution in [0.3, 0.4) is 0 Å². The third kappa shape index (κ3) is 6.50. The minimum absolute atomic E-state index is 0.118. The Morgan fingerprint density at radius 1 is 0.731 bits per heavy atom. The van der Waals surface area contributed by atoms with Crippen molar-refractivity contribution >= 4 is 11.9 Å². The molecule has 0 radical (unpaired) electrons. The van der Waals surface area contributed by atoms with Crippen LogP contribution in [0.2, 0.25) is 0 Å². The molecule has 0 fully saturated rings. The summed E-state index contributed by atoms with van der Waals surface area (Å²) in [5.74, 6) is -1.36. The predicted molar refractivity (Wildman–Crippen MR) is 79.6 cm³/mol. The summed E-state index contributed by atoms with van der Waals surface area (Å²) in [4.78, 5) is 11.9. The van der Waals surface area contributed by atoms with Gasteiger partial charge in [0.15, 0.2) is 5.78 Å². The Morgan fingerprint density at radius 2 is 1.15 bits per heavy atom. The van der Waals surface area contributed by atoms with Gasteiger partial charge in [0.2, 0.25) is 0 Å². The number of carbonyl (C=O) groups excluding carboxylic acids is 1. The number of allylic oxidation sites excluding steroid dienone is 1. The Balaban J connectivity index is 2.00. The van der Waals surface area contributed by atoms with Crippen LogP contribution in [0.5, 0.6) is 11.5 Å². The van der Waals surface area contributed by atoms with E-state index in [0.717, 1.165) is 42.5 Å². The summed E-state index contributed by atoms with van der Waals surface area (Å²) >= 11 is 0. The van der Waals surface area contributed by atoms with Crippen molar-refractivity contribution in [3.63, 3.8) is 0 Å². The minimum Gasteiger partial charge on any atom is -0.406 e. The van der Waals surface area contributed by atoms with Gasteiger partial charge >= 0.3 is 12.7 Å². The molecule has 0 aliphatic heterocycles. The fourth-order valence-corrected chi connectivity index (χ4v) is 1.87. The van der Waals surface area contributed by atoms with Crippen molar-refractivity contribution in [3.8, 4) is 11.5 Å². The zero-order chi connectivity index (χ0) is 19.4. The van der Waals surface area contributed by atoms with Crippen molar-refractivity contribution in [3.05, 3.63) is 65.7 Å². The van der Waals surface area contributed by atoms with Crippen LogP contribution in [-0.2, 0) is 0 Å². The van der Waals surface area contributed by atoms with Gasteiger partial charge in [-0.2, -0.15) is 0 Å². The molecule has 0 aliphatic rings. The summed E-state index contributed by atoms with van der Waals surface area (Å²) in [5.41, 5.74) is 0.553. The van der Waals surface area contributed by atoms with Gasteiger partial charge in [-0.1, -0.05) is 18.2 Å². The number of carbonyl (C=O) groups is 1. The third-order valence-electron chi connectivity index (χ3n) is 2.91. The van der Waals surface area contributed by atoms with Crippen molar-refractivity contribution in [2.75, 3.05) is 0 Å². The molecule has 9 heteroatoms. The van der Waals surface area contributed by atoms with Crippen molar-refractivity contribution in [1.82, 2.24) is 0 Å². The van der Waals surface area contributed by atoms with E-state index in [9.17, 15) is 31.1 Å². The molecule has 2 aromatic rings. The van der Waals surface area contributed by atoms with E-state index in [-0.39, 0.29) is 5.56 Å². The summed E-state index contributed by atoms with van der Waals surface area (Å²) in [6, 6.07) is 9.11. The van der Waals surface area contributed by atoms with Gasteiger partial charge in [0.25, 0.3) is 0 Å². The molecule has 0 amide bonds. The monoisotopic (exact) mass is 376 g/mol. The predicted octanol–water partition coefficient (Wildman–Crippen LogP) is 5.38. The van der Waals surface area contributed by atoms with Gasteiger partial charge in [-0.15, -0.1) is 26.3 Å². The number of rotatable bonds is 5. The number of hydrogen-bond donors (Lipinski definition) is 0. The summed E-state index contributed by atoms with van der Waals surface area (Å²) < 4.78 is 79.7. The zero-order valence-electron chi connectivity index (χ0n) is 12.8. The fraction of sp³-hybridized carbons (Fsp3) is 0.118. The molecule has 0 atom stereocenters. The number of ketones is 1. The van der Waals surface area contributed by atoms with Gasteiger partial charge < -0.3 is 9.47 Å². The molecular formula is C17H10F6O3. The first-order valence-electron chi connectivity index (χ1n) is 6.96. The second kappa shape index (κ2) is 7.51. The van der Waals surface area contributed by atoms with E-state index in [1.165, 1.54) is 18.2 Å². The average molecular weight is 376 g/mol. The van der Waals surface area contributed by atoms with Crippen LogP contribution in [0.4, 0.5) is 26.3 Å². The summed E-state index contributed by atoms with van der Waals surface area (Å²) in [6.45, 7) is 0. The van der Waals surface area contributed by atoms with Crippen LogP contribution in [-0.4, -0.2) is 18.5 Å². The van der Waals surface area contributed by atoms with E-state index in [4.69, 9.17) is 0 Å². The van der Waals surface area contributed by atoms with Crippen molar-refractivity contribution in [2.45, 2.75) is 12.7 Å². The van der Waals surface area contributed by atoms with Crippen molar-refractivity contribution in [2.24, 2.45) is 0 Å². The highest BCUT2D eigenvalue weighted by atomic mass is 19.4. The zero-order valence-corrected chi connectivity index (χ0v) is 12.8. The van der Waals surface area contributed by atoms with E-state index < -0.39 is 30.0 Å². The van der Waals surface area contributed by atoms with Crippen LogP contribution in [0.25, 0.3) is 6.08 Å². The molecule has 0 saturated carbocycles. The normalized spacial score (nSPS) is 12.2. The molecule has 26 heavy (non-hydrogen) atoms. The number of ether oxygens (including phenoxy) is 2. The third-order valence-corrected chi connectivity index (χ3v) is 2.91. The second-order valence-electron chi connectivity index (χ2n) is 4.89. The molecule has 2 aromatic carbocycles. The SMILES string of the molecule is O=C(/C=C/c1ccc(OC(F)(F)F)cc1)c1ccc(OC(F)(F)F)cc1. The van der Waals surface area contributed by atoms with Gasteiger partial charge in [0.05, 0.1) is 0 Å². The lowest BCUT2D eigenvalue weighted by molar-refractivity contribution is -0.275. The first-order chi connectivity index (χ1) is 12.0. The van der Waals surface area contributed by atoms with Crippen molar-refractivity contribution < 1.29 is 40.6 Å². The molecular weight excluding hydrogens is 366 g/mol. The highest BCUT2D eigenvalue weighted by Gasteiger charge is 2.31. The Labute approximate surface area is 143 Å².